The van der Waals surface area contributed by atoms with Gasteiger partial charge in [-0.25, -0.2) is 8.42 Å². The maximum absolute atomic E-state index is 11.2. The molecule has 0 amide bonds. The number of benzene rings is 2. The van der Waals surface area contributed by atoms with Crippen molar-refractivity contribution in [1.82, 2.24) is 19.1 Å². The largest absolute Gasteiger partial charge is 0.399 e. The maximum atomic E-state index is 11.2. The van der Waals surface area contributed by atoms with Crippen LogP contribution in [-0.2, 0) is 10.0 Å². The third kappa shape index (κ3) is 7.29. The molecular formula is C28H26Cl2N6O2S. The van der Waals surface area contributed by atoms with Crippen LogP contribution in [0.15, 0.2) is 110 Å². The Labute approximate surface area is 236 Å². The minimum Gasteiger partial charge on any atom is -0.399 e. The number of nitrogens with two attached hydrogens (primary N) is 1. The van der Waals surface area contributed by atoms with Crippen molar-refractivity contribution < 1.29 is 8.42 Å². The van der Waals surface area contributed by atoms with Crippen LogP contribution in [0.4, 0.5) is 11.4 Å². The lowest BCUT2D eigenvalue weighted by Crippen LogP contribution is -2.09. The van der Waals surface area contributed by atoms with E-state index in [0.29, 0.717) is 5.69 Å². The fourth-order valence-electron chi connectivity index (χ4n) is 4.02. The van der Waals surface area contributed by atoms with E-state index in [1.165, 1.54) is 0 Å². The zero-order chi connectivity index (χ0) is 27.8. The monoisotopic (exact) mass is 580 g/mol. The van der Waals surface area contributed by atoms with E-state index in [1.54, 1.807) is 24.7 Å². The zero-order valence-electron chi connectivity index (χ0n) is 20.9. The van der Waals surface area contributed by atoms with Gasteiger partial charge in [-0.3, -0.25) is 14.7 Å². The predicted octanol–water partition coefficient (Wildman–Crippen LogP) is 6.43. The highest BCUT2D eigenvalue weighted by atomic mass is 35.5. The van der Waals surface area contributed by atoms with Crippen LogP contribution >= 0.6 is 23.2 Å². The summed E-state index contributed by atoms with van der Waals surface area (Å²) in [7, 11) is -3.26. The molecule has 0 radical (unpaired) electrons. The molecule has 0 aliphatic carbocycles. The van der Waals surface area contributed by atoms with Crippen molar-refractivity contribution in [3.63, 3.8) is 0 Å². The molecule has 6 aromatic rings. The van der Waals surface area contributed by atoms with Crippen molar-refractivity contribution in [1.29, 1.82) is 0 Å². The van der Waals surface area contributed by atoms with Gasteiger partial charge >= 0.3 is 0 Å². The van der Waals surface area contributed by atoms with E-state index in [0.717, 1.165) is 45.1 Å². The first-order valence-corrected chi connectivity index (χ1v) is 14.6. The number of aromatic nitrogens is 4. The van der Waals surface area contributed by atoms with Gasteiger partial charge in [-0.2, -0.15) is 0 Å². The number of anilines is 2. The summed E-state index contributed by atoms with van der Waals surface area (Å²) in [4.78, 5) is 8.22. The summed E-state index contributed by atoms with van der Waals surface area (Å²) in [6.07, 6.45) is 12.2. The number of rotatable bonds is 4. The Morgan fingerprint density at radius 3 is 1.79 bits per heavy atom. The van der Waals surface area contributed by atoms with Gasteiger partial charge in [0.2, 0.25) is 10.0 Å². The number of nitrogen functional groups attached to an aromatic ring is 1. The molecule has 39 heavy (non-hydrogen) atoms. The van der Waals surface area contributed by atoms with E-state index in [1.807, 2.05) is 83.8 Å². The normalized spacial score (nSPS) is 10.8. The highest BCUT2D eigenvalue weighted by molar-refractivity contribution is 7.92. The highest BCUT2D eigenvalue weighted by Gasteiger charge is 2.07. The third-order valence-electron chi connectivity index (χ3n) is 5.56. The lowest BCUT2D eigenvalue weighted by atomic mass is 10.2. The molecule has 4 heterocycles. The predicted molar refractivity (Wildman–Crippen MR) is 162 cm³/mol. The number of halogens is 2. The molecule has 0 saturated carbocycles. The Kier molecular flexibility index (Phi) is 9.08. The molecule has 2 aromatic carbocycles. The lowest BCUT2D eigenvalue weighted by molar-refractivity contribution is 0.607. The van der Waals surface area contributed by atoms with Crippen LogP contribution in [0, 0.1) is 0 Å². The summed E-state index contributed by atoms with van der Waals surface area (Å²) in [6.45, 7) is 0. The summed E-state index contributed by atoms with van der Waals surface area (Å²) in [6, 6.07) is 23.1. The molecule has 8 nitrogen and oxygen atoms in total. The van der Waals surface area contributed by atoms with Crippen LogP contribution in [0.5, 0.6) is 0 Å². The van der Waals surface area contributed by atoms with E-state index in [9.17, 15) is 8.42 Å². The second-order valence-electron chi connectivity index (χ2n) is 8.36. The number of alkyl halides is 2. The van der Waals surface area contributed by atoms with Gasteiger partial charge in [-0.05, 0) is 72.8 Å². The minimum absolute atomic E-state index is 0.194. The van der Waals surface area contributed by atoms with Gasteiger partial charge in [-0.1, -0.05) is 0 Å². The number of fused-ring (bicyclic) bond motifs is 2. The van der Waals surface area contributed by atoms with Crippen molar-refractivity contribution in [2.24, 2.45) is 0 Å². The lowest BCUT2D eigenvalue weighted by Gasteiger charge is -2.06. The fraction of sp³-hybridized carbons (Fsp3) is 0.0714. The van der Waals surface area contributed by atoms with E-state index in [2.05, 4.69) is 25.3 Å². The van der Waals surface area contributed by atoms with E-state index in [-0.39, 0.29) is 5.34 Å². The Hall–Kier alpha value is -4.05. The highest BCUT2D eigenvalue weighted by Crippen LogP contribution is 2.24. The molecule has 0 bridgehead atoms. The van der Waals surface area contributed by atoms with Crippen molar-refractivity contribution in [2.45, 2.75) is 0 Å². The SMILES string of the molecule is CS(=O)(=O)Nc1ccc2c(ccn2-c2cccnc2)c1.ClCCl.Nc1ccc2c(ccn2-c2cccnc2)c1. The van der Waals surface area contributed by atoms with E-state index < -0.39 is 10.0 Å². The van der Waals surface area contributed by atoms with E-state index in [4.69, 9.17) is 28.9 Å². The number of hydrogen-bond donors (Lipinski definition) is 2. The van der Waals surface area contributed by atoms with Gasteiger partial charge in [0.1, 0.15) is 0 Å². The van der Waals surface area contributed by atoms with Gasteiger partial charge in [0.25, 0.3) is 0 Å². The topological polar surface area (TPSA) is 108 Å². The maximum Gasteiger partial charge on any atom is 0.229 e. The Balaban J connectivity index is 0.000000168. The second-order valence-corrected chi connectivity index (χ2v) is 10.9. The van der Waals surface area contributed by atoms with Gasteiger partial charge in [-0.15, -0.1) is 23.2 Å². The Morgan fingerprint density at radius 1 is 0.795 bits per heavy atom. The first-order valence-electron chi connectivity index (χ1n) is 11.7. The number of sulfonamides is 1. The average molecular weight is 582 g/mol. The molecule has 0 spiro atoms. The van der Waals surface area contributed by atoms with Gasteiger partial charge < -0.3 is 14.9 Å². The summed E-state index contributed by atoms with van der Waals surface area (Å²) < 4.78 is 29.1. The number of hydrogen-bond acceptors (Lipinski definition) is 5. The van der Waals surface area contributed by atoms with Crippen molar-refractivity contribution in [3.8, 4) is 11.4 Å². The van der Waals surface area contributed by atoms with Crippen LogP contribution in [0.1, 0.15) is 0 Å². The number of nitrogens with one attached hydrogen (secondary N) is 1. The third-order valence-corrected chi connectivity index (χ3v) is 6.16. The minimum atomic E-state index is -3.26. The Morgan fingerprint density at radius 2 is 1.31 bits per heavy atom. The molecule has 6 rings (SSSR count). The standard InChI is InChI=1S/C14H13N3O2S.C13H11N3.CH2Cl2/c1-20(18,19)16-12-4-5-14-11(9-12)6-8-17(14)13-3-2-7-15-10-13;14-11-3-4-13-10(8-11)5-7-16(13)12-2-1-6-15-9-12;2-1-3/h2-10,16H,1H3;1-9H,14H2;1H2. The molecule has 11 heteroatoms. The fourth-order valence-corrected chi connectivity index (χ4v) is 4.58. The smallest absolute Gasteiger partial charge is 0.229 e. The molecule has 0 aliphatic rings. The summed E-state index contributed by atoms with van der Waals surface area (Å²) >= 11 is 9.53. The van der Waals surface area contributed by atoms with Crippen LogP contribution in [0.3, 0.4) is 0 Å². The second kappa shape index (κ2) is 12.7. The first kappa shape index (κ1) is 28.0. The van der Waals surface area contributed by atoms with Crippen LogP contribution in [-0.4, -0.2) is 39.1 Å². The molecule has 0 atom stereocenters. The van der Waals surface area contributed by atoms with Gasteiger partial charge in [0.15, 0.2) is 0 Å². The molecule has 200 valence electrons. The van der Waals surface area contributed by atoms with Crippen LogP contribution in [0.25, 0.3) is 33.2 Å². The summed E-state index contributed by atoms with van der Waals surface area (Å²) in [5.41, 5.74) is 11.3. The molecule has 0 aliphatic heterocycles. The van der Waals surface area contributed by atoms with Crippen molar-refractivity contribution >= 4 is 66.4 Å². The Bertz CT molecular complexity index is 1770. The van der Waals surface area contributed by atoms with Crippen LogP contribution in [0.2, 0.25) is 0 Å². The first-order chi connectivity index (χ1) is 18.8. The van der Waals surface area contributed by atoms with Crippen molar-refractivity contribution in [3.05, 3.63) is 110 Å². The van der Waals surface area contributed by atoms with E-state index >= 15 is 0 Å². The van der Waals surface area contributed by atoms with Crippen molar-refractivity contribution in [2.75, 3.05) is 22.1 Å². The summed E-state index contributed by atoms with van der Waals surface area (Å²) in [5, 5.41) is 2.30. The number of pyridine rings is 2. The zero-order valence-corrected chi connectivity index (χ0v) is 23.3. The molecular weight excluding hydrogens is 555 g/mol. The summed E-state index contributed by atoms with van der Waals surface area (Å²) in [5.74, 6) is 0. The molecule has 3 N–H and O–H groups in total. The molecule has 4 aromatic heterocycles. The number of nitrogens with zero attached hydrogens (tertiary/aromatic N) is 4. The molecule has 0 fully saturated rings. The average Bonchev–Trinajstić information content (AvgIpc) is 3.53. The molecule has 0 saturated heterocycles. The quantitative estimate of drug-likeness (QED) is 0.184. The van der Waals surface area contributed by atoms with Crippen LogP contribution < -0.4 is 10.5 Å². The molecule has 0 unspecified atom stereocenters. The van der Waals surface area contributed by atoms with Gasteiger partial charge in [0, 0.05) is 46.9 Å². The van der Waals surface area contributed by atoms with Gasteiger partial charge in [0.05, 0.1) is 46.4 Å².